The summed E-state index contributed by atoms with van der Waals surface area (Å²) in [6.07, 6.45) is 0. The summed E-state index contributed by atoms with van der Waals surface area (Å²) in [6.45, 7) is 11.7. The van der Waals surface area contributed by atoms with Crippen LogP contribution in [0, 0.1) is 20.8 Å². The molecule has 2 aromatic rings. The summed E-state index contributed by atoms with van der Waals surface area (Å²) in [5.74, 6) is 0.379. The van der Waals surface area contributed by atoms with E-state index in [1.54, 1.807) is 0 Å². The van der Waals surface area contributed by atoms with Gasteiger partial charge in [0.25, 0.3) is 0 Å². The molecule has 0 aliphatic carbocycles. The SMILES string of the molecule is [CH-]=N/C(=N\[C](=[W])Nc1ccccc1)Nc1cc(C)c(C)cc1C. The number of nitrogens with one attached hydrogen (secondary N) is 2. The topological polar surface area (TPSA) is 48.8 Å². The summed E-state index contributed by atoms with van der Waals surface area (Å²) < 4.78 is 0.786. The van der Waals surface area contributed by atoms with Crippen molar-refractivity contribution in [3.05, 3.63) is 59.2 Å². The van der Waals surface area contributed by atoms with E-state index < -0.39 is 0 Å². The Morgan fingerprint density at radius 3 is 2.26 bits per heavy atom. The molecule has 2 aromatic carbocycles. The zero-order chi connectivity index (χ0) is 16.8. The molecule has 118 valence electrons. The van der Waals surface area contributed by atoms with Gasteiger partial charge in [-0.2, -0.15) is 0 Å². The first-order chi connectivity index (χ1) is 11.0. The molecule has 2 N–H and O–H groups in total. The van der Waals surface area contributed by atoms with Crippen LogP contribution in [0.5, 0.6) is 0 Å². The minimum absolute atomic E-state index is 0.379. The number of aliphatic imine (C=N–C) groups is 2. The van der Waals surface area contributed by atoms with Crippen LogP contribution in [-0.2, 0) is 19.4 Å². The van der Waals surface area contributed by atoms with Gasteiger partial charge in [0.15, 0.2) is 0 Å². The van der Waals surface area contributed by atoms with Crippen molar-refractivity contribution >= 4 is 28.2 Å². The van der Waals surface area contributed by atoms with E-state index in [4.69, 9.17) is 6.72 Å². The van der Waals surface area contributed by atoms with Crippen molar-refractivity contribution in [2.75, 3.05) is 10.6 Å². The summed E-state index contributed by atoms with van der Waals surface area (Å²) >= 11 is 1.20. The molecule has 0 aromatic heterocycles. The average molecular weight is 475 g/mol. The first-order valence-electron chi connectivity index (χ1n) is 7.20. The fourth-order valence-corrected chi connectivity index (χ4v) is 2.81. The molecule has 0 amide bonds. The van der Waals surface area contributed by atoms with Gasteiger partial charge in [-0.25, -0.2) is 0 Å². The van der Waals surface area contributed by atoms with Crippen LogP contribution in [0.4, 0.5) is 11.4 Å². The normalized spacial score (nSPS) is 11.0. The standard InChI is InChI=1S/C18H19N4.W/c1-13-10-15(3)17(11-14(13)2)22-18(19-4)21-12-20-16-8-6-5-7-9-16;/h4-11,20H,1-3H3,(H,21,22);/q-1;. The number of hydrogen-bond acceptors (Lipinski definition) is 2. The van der Waals surface area contributed by atoms with Crippen molar-refractivity contribution in [1.29, 1.82) is 0 Å². The molecule has 0 radical (unpaired) electrons. The second-order valence-corrected chi connectivity index (χ2v) is 6.63. The number of rotatable bonds is 4. The van der Waals surface area contributed by atoms with E-state index in [2.05, 4.69) is 46.6 Å². The molecular formula is C18H19N4W-. The average Bonchev–Trinajstić information content (AvgIpc) is 2.52. The minimum atomic E-state index is 0.379. The van der Waals surface area contributed by atoms with Gasteiger partial charge in [0.2, 0.25) is 0 Å². The quantitative estimate of drug-likeness (QED) is 0.403. The second kappa shape index (κ2) is 7.98. The molecule has 0 fully saturated rings. The summed E-state index contributed by atoms with van der Waals surface area (Å²) in [4.78, 5) is 8.18. The molecule has 0 unspecified atom stereocenters. The second-order valence-electron chi connectivity index (χ2n) is 5.24. The van der Waals surface area contributed by atoms with Crippen LogP contribution in [0.15, 0.2) is 52.4 Å². The molecule has 2 rings (SSSR count). The number of nitrogens with zero attached hydrogens (tertiary/aromatic N) is 2. The van der Waals surface area contributed by atoms with Crippen LogP contribution in [-0.4, -0.2) is 16.8 Å². The molecule has 0 aliphatic heterocycles. The Morgan fingerprint density at radius 2 is 1.61 bits per heavy atom. The van der Waals surface area contributed by atoms with Gasteiger partial charge in [0, 0.05) is 0 Å². The van der Waals surface area contributed by atoms with E-state index in [-0.39, 0.29) is 0 Å². The van der Waals surface area contributed by atoms with Crippen LogP contribution in [0.1, 0.15) is 16.7 Å². The predicted molar refractivity (Wildman–Crippen MR) is 95.3 cm³/mol. The molecule has 0 spiro atoms. The monoisotopic (exact) mass is 475 g/mol. The molecule has 0 saturated heterocycles. The molecule has 0 heterocycles. The molecule has 5 heteroatoms. The summed E-state index contributed by atoms with van der Waals surface area (Å²) in [5.41, 5.74) is 5.55. The first-order valence-corrected chi connectivity index (χ1v) is 8.67. The van der Waals surface area contributed by atoms with Crippen molar-refractivity contribution in [3.8, 4) is 0 Å². The number of para-hydroxylation sites is 1. The Bertz CT molecular complexity index is 751. The number of guanidine groups is 1. The molecule has 0 aliphatic rings. The van der Waals surface area contributed by atoms with Crippen molar-refractivity contribution < 1.29 is 19.4 Å². The fraction of sp³-hybridized carbons (Fsp3) is 0.167. The van der Waals surface area contributed by atoms with Crippen molar-refractivity contribution in [2.24, 2.45) is 9.98 Å². The van der Waals surface area contributed by atoms with Gasteiger partial charge in [0.1, 0.15) is 0 Å². The summed E-state index contributed by atoms with van der Waals surface area (Å²) in [5, 5.41) is 6.43. The van der Waals surface area contributed by atoms with Gasteiger partial charge in [-0.05, 0) is 0 Å². The van der Waals surface area contributed by atoms with Gasteiger partial charge in [0.05, 0.1) is 0 Å². The third-order valence-corrected chi connectivity index (χ3v) is 4.14. The molecule has 0 saturated carbocycles. The number of aryl methyl sites for hydroxylation is 3. The zero-order valence-corrected chi connectivity index (χ0v) is 16.4. The van der Waals surface area contributed by atoms with Crippen molar-refractivity contribution in [3.63, 3.8) is 0 Å². The Kier molecular flexibility index (Phi) is 6.00. The zero-order valence-electron chi connectivity index (χ0n) is 13.4. The van der Waals surface area contributed by atoms with E-state index in [0.29, 0.717) is 5.96 Å². The summed E-state index contributed by atoms with van der Waals surface area (Å²) in [7, 11) is 0. The summed E-state index contributed by atoms with van der Waals surface area (Å²) in [6, 6.07) is 14.1. The molecule has 4 nitrogen and oxygen atoms in total. The Labute approximate surface area is 148 Å². The molecular weight excluding hydrogens is 456 g/mol. The van der Waals surface area contributed by atoms with Crippen LogP contribution in [0.25, 0.3) is 0 Å². The van der Waals surface area contributed by atoms with Crippen molar-refractivity contribution in [1.82, 2.24) is 0 Å². The first kappa shape index (κ1) is 17.3. The van der Waals surface area contributed by atoms with Gasteiger partial charge >= 0.3 is 148 Å². The van der Waals surface area contributed by atoms with Gasteiger partial charge in [-0.1, -0.05) is 0 Å². The van der Waals surface area contributed by atoms with E-state index in [1.165, 1.54) is 30.5 Å². The predicted octanol–water partition coefficient (Wildman–Crippen LogP) is 3.70. The van der Waals surface area contributed by atoms with Gasteiger partial charge < -0.3 is 0 Å². The van der Waals surface area contributed by atoms with E-state index in [1.807, 2.05) is 37.3 Å². The maximum atomic E-state index is 5.48. The van der Waals surface area contributed by atoms with Crippen molar-refractivity contribution in [2.45, 2.75) is 20.8 Å². The van der Waals surface area contributed by atoms with Crippen LogP contribution >= 0.6 is 0 Å². The Morgan fingerprint density at radius 1 is 0.957 bits per heavy atom. The third-order valence-electron chi connectivity index (χ3n) is 3.44. The fourth-order valence-electron chi connectivity index (χ4n) is 2.07. The Hall–Kier alpha value is -2.06. The van der Waals surface area contributed by atoms with Gasteiger partial charge in [-0.15, -0.1) is 0 Å². The van der Waals surface area contributed by atoms with Gasteiger partial charge in [-0.3, -0.25) is 0 Å². The van der Waals surface area contributed by atoms with E-state index >= 15 is 0 Å². The number of anilines is 2. The third kappa shape index (κ3) is 4.97. The maximum absolute atomic E-state index is 5.48. The number of benzene rings is 2. The molecule has 0 bridgehead atoms. The molecule has 0 atom stereocenters. The molecule has 23 heavy (non-hydrogen) atoms. The van der Waals surface area contributed by atoms with Crippen LogP contribution in [0.2, 0.25) is 0 Å². The Balaban J connectivity index is 2.15. The van der Waals surface area contributed by atoms with E-state index in [9.17, 15) is 0 Å². The van der Waals surface area contributed by atoms with Crippen LogP contribution < -0.4 is 10.6 Å². The number of hydrogen-bond donors (Lipinski definition) is 2. The van der Waals surface area contributed by atoms with Crippen LogP contribution in [0.3, 0.4) is 0 Å². The van der Waals surface area contributed by atoms with E-state index in [0.717, 1.165) is 21.1 Å².